The van der Waals surface area contributed by atoms with Crippen molar-refractivity contribution in [2.24, 2.45) is 4.99 Å². The second-order valence-corrected chi connectivity index (χ2v) is 8.13. The molecular formula is C15H23N5S3. The van der Waals surface area contributed by atoms with Crippen LogP contribution in [0.3, 0.4) is 0 Å². The van der Waals surface area contributed by atoms with Crippen molar-refractivity contribution in [1.82, 2.24) is 20.6 Å². The van der Waals surface area contributed by atoms with Gasteiger partial charge in [0.15, 0.2) is 5.96 Å². The molecule has 0 aromatic carbocycles. The molecule has 2 heterocycles. The van der Waals surface area contributed by atoms with Crippen LogP contribution in [0.1, 0.15) is 30.2 Å². The Bertz CT molecular complexity index is 580. The summed E-state index contributed by atoms with van der Waals surface area (Å²) in [6.45, 7) is 6.62. The van der Waals surface area contributed by atoms with Crippen LogP contribution in [-0.4, -0.2) is 34.8 Å². The zero-order valence-corrected chi connectivity index (χ0v) is 16.0. The van der Waals surface area contributed by atoms with Crippen molar-refractivity contribution in [1.29, 1.82) is 0 Å². The van der Waals surface area contributed by atoms with Crippen molar-refractivity contribution in [2.45, 2.75) is 37.6 Å². The van der Waals surface area contributed by atoms with Gasteiger partial charge in [-0.3, -0.25) is 0 Å². The number of thioether (sulfide) groups is 1. The normalized spacial score (nSPS) is 11.7. The van der Waals surface area contributed by atoms with Crippen LogP contribution in [0.5, 0.6) is 0 Å². The van der Waals surface area contributed by atoms with Gasteiger partial charge in [0.25, 0.3) is 0 Å². The molecule has 0 spiro atoms. The number of guanidine groups is 1. The van der Waals surface area contributed by atoms with Crippen molar-refractivity contribution < 1.29 is 0 Å². The number of aryl methyl sites for hydroxylation is 1. The van der Waals surface area contributed by atoms with E-state index in [4.69, 9.17) is 0 Å². The van der Waals surface area contributed by atoms with E-state index in [2.05, 4.69) is 39.4 Å². The highest BCUT2D eigenvalue weighted by atomic mass is 32.2. The standard InChI is InChI=1S/C15H23N5S3/c1-3-12-10-19-13(23-12)11-20-14(16-4-2)17-6-5-8-21-15-18-7-9-22-15/h7,9-10H,3-6,8,11H2,1-2H3,(H2,16,17,20). The minimum atomic E-state index is 0.633. The van der Waals surface area contributed by atoms with Gasteiger partial charge in [-0.1, -0.05) is 18.7 Å². The highest BCUT2D eigenvalue weighted by Gasteiger charge is 2.02. The number of rotatable bonds is 9. The zero-order chi connectivity index (χ0) is 16.3. The minimum absolute atomic E-state index is 0.633. The molecule has 0 amide bonds. The summed E-state index contributed by atoms with van der Waals surface area (Å²) in [5, 5.41) is 9.73. The zero-order valence-electron chi connectivity index (χ0n) is 13.5. The van der Waals surface area contributed by atoms with Crippen LogP contribution in [0.4, 0.5) is 0 Å². The molecule has 23 heavy (non-hydrogen) atoms. The lowest BCUT2D eigenvalue weighted by Crippen LogP contribution is -2.37. The van der Waals surface area contributed by atoms with Crippen LogP contribution in [0.2, 0.25) is 0 Å². The van der Waals surface area contributed by atoms with E-state index < -0.39 is 0 Å². The van der Waals surface area contributed by atoms with Crippen molar-refractivity contribution in [2.75, 3.05) is 18.8 Å². The van der Waals surface area contributed by atoms with E-state index in [-0.39, 0.29) is 0 Å². The molecule has 0 aliphatic carbocycles. The van der Waals surface area contributed by atoms with Gasteiger partial charge in [-0.25, -0.2) is 15.0 Å². The summed E-state index contributed by atoms with van der Waals surface area (Å²) < 4.78 is 1.14. The maximum atomic E-state index is 4.60. The number of aromatic nitrogens is 2. The number of hydrogen-bond acceptors (Lipinski definition) is 6. The minimum Gasteiger partial charge on any atom is -0.357 e. The largest absolute Gasteiger partial charge is 0.357 e. The fourth-order valence-electron chi connectivity index (χ4n) is 1.79. The van der Waals surface area contributed by atoms with E-state index in [1.807, 2.05) is 17.8 Å². The predicted molar refractivity (Wildman–Crippen MR) is 102 cm³/mol. The average Bonchev–Trinajstić information content (AvgIpc) is 3.23. The Morgan fingerprint density at radius 2 is 2.22 bits per heavy atom. The molecule has 2 N–H and O–H groups in total. The van der Waals surface area contributed by atoms with Crippen LogP contribution in [-0.2, 0) is 13.0 Å². The molecule has 0 atom stereocenters. The van der Waals surface area contributed by atoms with Gasteiger partial charge in [0.2, 0.25) is 0 Å². The van der Waals surface area contributed by atoms with Gasteiger partial charge in [-0.15, -0.1) is 22.7 Å². The first-order valence-electron chi connectivity index (χ1n) is 7.79. The van der Waals surface area contributed by atoms with Gasteiger partial charge >= 0.3 is 0 Å². The average molecular weight is 370 g/mol. The quantitative estimate of drug-likeness (QED) is 0.307. The highest BCUT2D eigenvalue weighted by Crippen LogP contribution is 2.20. The van der Waals surface area contributed by atoms with Crippen molar-refractivity contribution >= 4 is 40.4 Å². The number of thiazole rings is 2. The SMILES string of the molecule is CCNC(=NCc1ncc(CC)s1)NCCCSc1nccs1. The third kappa shape index (κ3) is 6.88. The van der Waals surface area contributed by atoms with Gasteiger partial charge in [0.05, 0.1) is 6.54 Å². The molecule has 8 heteroatoms. The van der Waals surface area contributed by atoms with Crippen molar-refractivity contribution in [3.63, 3.8) is 0 Å². The second kappa shape index (κ2) is 10.6. The van der Waals surface area contributed by atoms with Crippen molar-refractivity contribution in [3.8, 4) is 0 Å². The van der Waals surface area contributed by atoms with Gasteiger partial charge in [-0.2, -0.15) is 0 Å². The van der Waals surface area contributed by atoms with Gasteiger partial charge in [-0.05, 0) is 19.8 Å². The van der Waals surface area contributed by atoms with Crippen LogP contribution < -0.4 is 10.6 Å². The third-order valence-electron chi connectivity index (χ3n) is 2.92. The first kappa shape index (κ1) is 18.2. The van der Waals surface area contributed by atoms with Crippen molar-refractivity contribution in [3.05, 3.63) is 27.7 Å². The summed E-state index contributed by atoms with van der Waals surface area (Å²) in [4.78, 5) is 14.6. The Morgan fingerprint density at radius 1 is 1.30 bits per heavy atom. The second-order valence-electron chi connectivity index (χ2n) is 4.70. The molecule has 0 fully saturated rings. The molecule has 0 aliphatic heterocycles. The van der Waals surface area contributed by atoms with E-state index in [9.17, 15) is 0 Å². The Balaban J connectivity index is 1.70. The maximum Gasteiger partial charge on any atom is 0.191 e. The molecule has 2 aromatic heterocycles. The number of hydrogen-bond donors (Lipinski definition) is 2. The van der Waals surface area contributed by atoms with E-state index in [1.54, 1.807) is 34.4 Å². The van der Waals surface area contributed by atoms with E-state index in [1.165, 1.54) is 4.88 Å². The van der Waals surface area contributed by atoms with Crippen LogP contribution in [0.15, 0.2) is 27.1 Å². The van der Waals surface area contributed by atoms with Crippen LogP contribution >= 0.6 is 34.4 Å². The van der Waals surface area contributed by atoms with E-state index in [0.717, 1.165) is 47.0 Å². The Hall–Kier alpha value is -1.12. The summed E-state index contributed by atoms with van der Waals surface area (Å²) in [7, 11) is 0. The number of aliphatic imine (C=N–C) groups is 1. The summed E-state index contributed by atoms with van der Waals surface area (Å²) in [6.07, 6.45) is 5.91. The summed E-state index contributed by atoms with van der Waals surface area (Å²) in [6, 6.07) is 0. The fraction of sp³-hybridized carbons (Fsp3) is 0.533. The van der Waals surface area contributed by atoms with Gasteiger partial charge in [0, 0.05) is 41.5 Å². The Labute approximate surface area is 150 Å². The molecule has 0 bridgehead atoms. The number of nitrogens with zero attached hydrogens (tertiary/aromatic N) is 3. The highest BCUT2D eigenvalue weighted by molar-refractivity contribution is 8.00. The molecule has 0 unspecified atom stereocenters. The first-order valence-corrected chi connectivity index (χ1v) is 10.5. The topological polar surface area (TPSA) is 62.2 Å². The molecule has 0 saturated carbocycles. The molecule has 0 radical (unpaired) electrons. The molecule has 126 valence electrons. The van der Waals surface area contributed by atoms with Gasteiger partial charge < -0.3 is 10.6 Å². The smallest absolute Gasteiger partial charge is 0.191 e. The summed E-state index contributed by atoms with van der Waals surface area (Å²) >= 11 is 5.24. The number of nitrogens with one attached hydrogen (secondary N) is 2. The van der Waals surface area contributed by atoms with Crippen LogP contribution in [0, 0.1) is 0 Å². The molecule has 5 nitrogen and oxygen atoms in total. The molecule has 2 rings (SSSR count). The van der Waals surface area contributed by atoms with Gasteiger partial charge in [0.1, 0.15) is 9.35 Å². The third-order valence-corrected chi connectivity index (χ3v) is 6.09. The lowest BCUT2D eigenvalue weighted by atomic mass is 10.4. The Morgan fingerprint density at radius 3 is 2.91 bits per heavy atom. The monoisotopic (exact) mass is 369 g/mol. The summed E-state index contributed by atoms with van der Waals surface area (Å²) in [5.74, 6) is 1.92. The lowest BCUT2D eigenvalue weighted by molar-refractivity contribution is 0.789. The van der Waals surface area contributed by atoms with E-state index in [0.29, 0.717) is 6.54 Å². The molecule has 2 aromatic rings. The predicted octanol–water partition coefficient (Wildman–Crippen LogP) is 3.40. The molecule has 0 aliphatic rings. The molecule has 0 saturated heterocycles. The van der Waals surface area contributed by atoms with E-state index >= 15 is 0 Å². The first-order chi connectivity index (χ1) is 11.3. The lowest BCUT2D eigenvalue weighted by Gasteiger charge is -2.10. The Kier molecular flexibility index (Phi) is 8.41. The summed E-state index contributed by atoms with van der Waals surface area (Å²) in [5.41, 5.74) is 0. The fourth-order valence-corrected chi connectivity index (χ4v) is 4.23. The van der Waals surface area contributed by atoms with Crippen LogP contribution in [0.25, 0.3) is 0 Å². The maximum absolute atomic E-state index is 4.60. The molecular weight excluding hydrogens is 346 g/mol.